The second-order valence-corrected chi connectivity index (χ2v) is 4.97. The molecule has 0 aliphatic rings. The average Bonchev–Trinajstić information content (AvgIpc) is 2.91. The number of H-pyrrole nitrogens is 1. The lowest BCUT2D eigenvalue weighted by molar-refractivity contribution is 0.102. The first-order valence-electron chi connectivity index (χ1n) is 6.60. The maximum Gasteiger partial charge on any atom is 0.256 e. The molecule has 1 amide bonds. The van der Waals surface area contributed by atoms with E-state index < -0.39 is 0 Å². The summed E-state index contributed by atoms with van der Waals surface area (Å²) >= 11 is 0. The first kappa shape index (κ1) is 12.5. The lowest BCUT2D eigenvalue weighted by Gasteiger charge is -2.12. The molecule has 3 nitrogen and oxygen atoms in total. The molecular weight excluding hydrogens is 248 g/mol. The highest BCUT2D eigenvalue weighted by atomic mass is 16.1. The van der Waals surface area contributed by atoms with Gasteiger partial charge in [-0.15, -0.1) is 0 Å². The number of para-hydroxylation sites is 1. The second-order valence-electron chi connectivity index (χ2n) is 4.97. The molecule has 0 saturated carbocycles. The second kappa shape index (κ2) is 4.85. The molecule has 20 heavy (non-hydrogen) atoms. The highest BCUT2D eigenvalue weighted by molar-refractivity contribution is 6.12. The van der Waals surface area contributed by atoms with Crippen LogP contribution in [0.2, 0.25) is 0 Å². The minimum absolute atomic E-state index is 0.0763. The summed E-state index contributed by atoms with van der Waals surface area (Å²) < 4.78 is 0. The van der Waals surface area contributed by atoms with Gasteiger partial charge < -0.3 is 10.3 Å². The SMILES string of the molecule is Cc1cccc(C)c1NC(=O)c1cccc2[nH]ccc12. The van der Waals surface area contributed by atoms with Crippen LogP contribution in [0.3, 0.4) is 0 Å². The Balaban J connectivity index is 2.00. The van der Waals surface area contributed by atoms with E-state index in [-0.39, 0.29) is 5.91 Å². The molecule has 2 N–H and O–H groups in total. The number of carbonyl (C=O) groups is 1. The summed E-state index contributed by atoms with van der Waals surface area (Å²) in [7, 11) is 0. The molecule has 0 aliphatic heterocycles. The summed E-state index contributed by atoms with van der Waals surface area (Å²) in [4.78, 5) is 15.6. The van der Waals surface area contributed by atoms with Gasteiger partial charge in [0.05, 0.1) is 0 Å². The number of carbonyl (C=O) groups excluding carboxylic acids is 1. The number of amides is 1. The molecule has 0 radical (unpaired) electrons. The molecule has 0 fully saturated rings. The first-order valence-corrected chi connectivity index (χ1v) is 6.60. The molecule has 3 aromatic rings. The van der Waals surface area contributed by atoms with Gasteiger partial charge in [-0.25, -0.2) is 0 Å². The van der Waals surface area contributed by atoms with Gasteiger partial charge in [0.15, 0.2) is 0 Å². The quantitative estimate of drug-likeness (QED) is 0.721. The van der Waals surface area contributed by atoms with Crippen LogP contribution in [0.25, 0.3) is 10.9 Å². The molecule has 3 rings (SSSR count). The zero-order valence-electron chi connectivity index (χ0n) is 11.5. The third kappa shape index (κ3) is 2.07. The topological polar surface area (TPSA) is 44.9 Å². The summed E-state index contributed by atoms with van der Waals surface area (Å²) in [6.45, 7) is 4.00. The van der Waals surface area contributed by atoms with Gasteiger partial charge in [-0.3, -0.25) is 4.79 Å². The highest BCUT2D eigenvalue weighted by Gasteiger charge is 2.12. The van der Waals surface area contributed by atoms with Crippen molar-refractivity contribution in [1.29, 1.82) is 0 Å². The first-order chi connectivity index (χ1) is 9.66. The maximum absolute atomic E-state index is 12.5. The zero-order valence-corrected chi connectivity index (χ0v) is 11.5. The predicted molar refractivity (Wildman–Crippen MR) is 82.2 cm³/mol. The molecule has 2 aromatic carbocycles. The molecule has 100 valence electrons. The van der Waals surface area contributed by atoms with Crippen LogP contribution >= 0.6 is 0 Å². The number of aromatic amines is 1. The Kier molecular flexibility index (Phi) is 3.03. The normalized spacial score (nSPS) is 10.7. The van der Waals surface area contributed by atoms with E-state index in [2.05, 4.69) is 10.3 Å². The van der Waals surface area contributed by atoms with E-state index in [9.17, 15) is 4.79 Å². The number of aryl methyl sites for hydroxylation is 2. The molecule has 0 spiro atoms. The molecule has 3 heteroatoms. The fraction of sp³-hybridized carbons (Fsp3) is 0.118. The van der Waals surface area contributed by atoms with Gasteiger partial charge >= 0.3 is 0 Å². The Bertz CT molecular complexity index is 766. The van der Waals surface area contributed by atoms with E-state index >= 15 is 0 Å². The molecule has 1 heterocycles. The van der Waals surface area contributed by atoms with Gasteiger partial charge in [0, 0.05) is 28.4 Å². The summed E-state index contributed by atoms with van der Waals surface area (Å²) in [5.74, 6) is -0.0763. The number of fused-ring (bicyclic) bond motifs is 1. The lowest BCUT2D eigenvalue weighted by atomic mass is 10.1. The van der Waals surface area contributed by atoms with E-state index in [0.29, 0.717) is 5.56 Å². The number of hydrogen-bond donors (Lipinski definition) is 2. The molecular formula is C17H16N2O. The number of aromatic nitrogens is 1. The van der Waals surface area contributed by atoms with Crippen molar-refractivity contribution in [2.45, 2.75) is 13.8 Å². The maximum atomic E-state index is 12.5. The van der Waals surface area contributed by atoms with Crippen molar-refractivity contribution in [3.63, 3.8) is 0 Å². The monoisotopic (exact) mass is 264 g/mol. The summed E-state index contributed by atoms with van der Waals surface area (Å²) in [5, 5.41) is 3.96. The van der Waals surface area contributed by atoms with Crippen LogP contribution in [-0.4, -0.2) is 10.9 Å². The van der Waals surface area contributed by atoms with Crippen LogP contribution in [-0.2, 0) is 0 Å². The van der Waals surface area contributed by atoms with Crippen molar-refractivity contribution < 1.29 is 4.79 Å². The van der Waals surface area contributed by atoms with E-state index in [4.69, 9.17) is 0 Å². The number of nitrogens with one attached hydrogen (secondary N) is 2. The lowest BCUT2D eigenvalue weighted by Crippen LogP contribution is -2.14. The molecule has 0 saturated heterocycles. The van der Waals surface area contributed by atoms with Crippen molar-refractivity contribution in [2.24, 2.45) is 0 Å². The minimum Gasteiger partial charge on any atom is -0.361 e. The average molecular weight is 264 g/mol. The number of rotatable bonds is 2. The van der Waals surface area contributed by atoms with Crippen molar-refractivity contribution in [1.82, 2.24) is 4.98 Å². The van der Waals surface area contributed by atoms with E-state index in [1.54, 1.807) is 0 Å². The smallest absolute Gasteiger partial charge is 0.256 e. The van der Waals surface area contributed by atoms with Crippen LogP contribution in [0.4, 0.5) is 5.69 Å². The molecule has 0 atom stereocenters. The fourth-order valence-corrected chi connectivity index (χ4v) is 2.48. The number of hydrogen-bond acceptors (Lipinski definition) is 1. The Morgan fingerprint density at radius 3 is 2.45 bits per heavy atom. The number of benzene rings is 2. The molecule has 0 aliphatic carbocycles. The van der Waals surface area contributed by atoms with Gasteiger partial charge in [0.2, 0.25) is 0 Å². The Hall–Kier alpha value is -2.55. The van der Waals surface area contributed by atoms with Crippen LogP contribution in [0.15, 0.2) is 48.7 Å². The predicted octanol–water partition coefficient (Wildman–Crippen LogP) is 4.04. The van der Waals surface area contributed by atoms with Crippen LogP contribution in [0.5, 0.6) is 0 Å². The van der Waals surface area contributed by atoms with Crippen LogP contribution in [0, 0.1) is 13.8 Å². The van der Waals surface area contributed by atoms with Crippen molar-refractivity contribution >= 4 is 22.5 Å². The largest absolute Gasteiger partial charge is 0.361 e. The van der Waals surface area contributed by atoms with Crippen LogP contribution < -0.4 is 5.32 Å². The number of anilines is 1. The van der Waals surface area contributed by atoms with Crippen LogP contribution in [0.1, 0.15) is 21.5 Å². The highest BCUT2D eigenvalue weighted by Crippen LogP contribution is 2.23. The van der Waals surface area contributed by atoms with E-state index in [1.165, 1.54) is 0 Å². The summed E-state index contributed by atoms with van der Waals surface area (Å²) in [5.41, 5.74) is 4.69. The van der Waals surface area contributed by atoms with Gasteiger partial charge in [-0.05, 0) is 43.2 Å². The minimum atomic E-state index is -0.0763. The third-order valence-electron chi connectivity index (χ3n) is 3.56. The van der Waals surface area contributed by atoms with Gasteiger partial charge in [0.25, 0.3) is 5.91 Å². The molecule has 1 aromatic heterocycles. The van der Waals surface area contributed by atoms with E-state index in [0.717, 1.165) is 27.7 Å². The fourth-order valence-electron chi connectivity index (χ4n) is 2.48. The van der Waals surface area contributed by atoms with Gasteiger partial charge in [-0.1, -0.05) is 24.3 Å². The molecule has 0 unspecified atom stereocenters. The van der Waals surface area contributed by atoms with Crippen molar-refractivity contribution in [3.05, 3.63) is 65.4 Å². The summed E-state index contributed by atoms with van der Waals surface area (Å²) in [6, 6.07) is 13.6. The zero-order chi connectivity index (χ0) is 14.1. The molecule has 0 bridgehead atoms. The van der Waals surface area contributed by atoms with Gasteiger partial charge in [0.1, 0.15) is 0 Å². The third-order valence-corrected chi connectivity index (χ3v) is 3.56. The Morgan fingerprint density at radius 1 is 1.00 bits per heavy atom. The summed E-state index contributed by atoms with van der Waals surface area (Å²) in [6.07, 6.45) is 1.85. The Labute approximate surface area is 117 Å². The van der Waals surface area contributed by atoms with E-state index in [1.807, 2.05) is 62.5 Å². The van der Waals surface area contributed by atoms with Crippen molar-refractivity contribution in [2.75, 3.05) is 5.32 Å². The standard InChI is InChI=1S/C17H16N2O/c1-11-5-3-6-12(2)16(11)19-17(20)14-7-4-8-15-13(14)9-10-18-15/h3-10,18H,1-2H3,(H,19,20). The van der Waals surface area contributed by atoms with Crippen molar-refractivity contribution in [3.8, 4) is 0 Å². The Morgan fingerprint density at radius 2 is 1.70 bits per heavy atom. The van der Waals surface area contributed by atoms with Gasteiger partial charge in [-0.2, -0.15) is 0 Å².